The van der Waals surface area contributed by atoms with Crippen LogP contribution in [-0.2, 0) is 23.8 Å². The first kappa shape index (κ1) is 18.2. The van der Waals surface area contributed by atoms with Crippen LogP contribution in [0.15, 0.2) is 42.5 Å². The average molecular weight is 358 g/mol. The van der Waals surface area contributed by atoms with Crippen LogP contribution >= 0.6 is 0 Å². The minimum absolute atomic E-state index is 0.273. The van der Waals surface area contributed by atoms with Crippen LogP contribution in [0, 0.1) is 0 Å². The highest BCUT2D eigenvalue weighted by molar-refractivity contribution is 5.83. The number of rotatable bonds is 4. The molecule has 1 unspecified atom stereocenters. The van der Waals surface area contributed by atoms with E-state index in [2.05, 4.69) is 0 Å². The van der Waals surface area contributed by atoms with Gasteiger partial charge in [0.1, 0.15) is 11.9 Å². The monoisotopic (exact) mass is 358 g/mol. The Bertz CT molecular complexity index is 802. The molecule has 0 aliphatic carbocycles. The van der Waals surface area contributed by atoms with Gasteiger partial charge in [0.05, 0.1) is 12.5 Å². The van der Waals surface area contributed by atoms with E-state index in [1.165, 1.54) is 13.8 Å². The Balaban J connectivity index is 1.75. The fourth-order valence-corrected chi connectivity index (χ4v) is 3.16. The van der Waals surface area contributed by atoms with Gasteiger partial charge in [0, 0.05) is 13.8 Å². The molecule has 1 aliphatic heterocycles. The smallest absolute Gasteiger partial charge is 0.303 e. The fraction of sp³-hybridized carbons (Fsp3) is 0.400. The van der Waals surface area contributed by atoms with Crippen LogP contribution in [-0.4, -0.2) is 36.5 Å². The Hall–Kier alpha value is -2.60. The third kappa shape index (κ3) is 4.32. The molecule has 1 fully saturated rings. The van der Waals surface area contributed by atoms with Crippen molar-refractivity contribution in [2.24, 2.45) is 0 Å². The van der Waals surface area contributed by atoms with Crippen molar-refractivity contribution in [2.75, 3.05) is 0 Å². The van der Waals surface area contributed by atoms with Crippen molar-refractivity contribution in [2.45, 2.75) is 51.8 Å². The lowest BCUT2D eigenvalue weighted by atomic mass is 10.0. The van der Waals surface area contributed by atoms with Crippen molar-refractivity contribution < 1.29 is 28.5 Å². The molecule has 4 atom stereocenters. The first-order valence-corrected chi connectivity index (χ1v) is 8.58. The lowest BCUT2D eigenvalue weighted by molar-refractivity contribution is -0.233. The molecule has 0 amide bonds. The fourth-order valence-electron chi connectivity index (χ4n) is 3.16. The van der Waals surface area contributed by atoms with E-state index in [0.717, 1.165) is 10.8 Å². The van der Waals surface area contributed by atoms with Gasteiger partial charge < -0.3 is 18.9 Å². The van der Waals surface area contributed by atoms with Crippen LogP contribution in [0.4, 0.5) is 0 Å². The van der Waals surface area contributed by atoms with Gasteiger partial charge in [-0.2, -0.15) is 0 Å². The summed E-state index contributed by atoms with van der Waals surface area (Å²) < 4.78 is 22.4. The van der Waals surface area contributed by atoms with Crippen molar-refractivity contribution in [3.05, 3.63) is 42.5 Å². The van der Waals surface area contributed by atoms with Crippen LogP contribution < -0.4 is 4.74 Å². The standard InChI is InChI=1S/C20H22O6/c1-12-20(25-14(3)22)18(24-13(2)21)11-19(23-12)26-17-9-8-15-6-4-5-7-16(15)10-17/h4-10,12,18-20H,11H2,1-3H3/t12?,18-,19-,20-/m1/s1. The van der Waals surface area contributed by atoms with Crippen LogP contribution in [0.2, 0.25) is 0 Å². The summed E-state index contributed by atoms with van der Waals surface area (Å²) in [6, 6.07) is 13.8. The van der Waals surface area contributed by atoms with E-state index in [0.29, 0.717) is 5.75 Å². The summed E-state index contributed by atoms with van der Waals surface area (Å²) in [5.41, 5.74) is 0. The van der Waals surface area contributed by atoms with Crippen LogP contribution in [0.3, 0.4) is 0 Å². The van der Waals surface area contributed by atoms with E-state index in [4.69, 9.17) is 18.9 Å². The molecule has 1 saturated heterocycles. The minimum atomic E-state index is -0.659. The average Bonchev–Trinajstić information content (AvgIpc) is 2.57. The van der Waals surface area contributed by atoms with Crippen molar-refractivity contribution in [1.29, 1.82) is 0 Å². The third-order valence-corrected chi connectivity index (χ3v) is 4.23. The molecule has 6 heteroatoms. The Labute approximate surface area is 152 Å². The zero-order valence-corrected chi connectivity index (χ0v) is 15.0. The van der Waals surface area contributed by atoms with Gasteiger partial charge in [-0.25, -0.2) is 0 Å². The van der Waals surface area contributed by atoms with Crippen molar-refractivity contribution in [3.8, 4) is 5.75 Å². The van der Waals surface area contributed by atoms with Gasteiger partial charge in [-0.15, -0.1) is 0 Å². The molecule has 2 aromatic rings. The molecule has 138 valence electrons. The van der Waals surface area contributed by atoms with Crippen LogP contribution in [0.5, 0.6) is 5.75 Å². The topological polar surface area (TPSA) is 71.1 Å². The molecular weight excluding hydrogens is 336 g/mol. The largest absolute Gasteiger partial charge is 0.465 e. The van der Waals surface area contributed by atoms with Gasteiger partial charge in [0.15, 0.2) is 6.10 Å². The summed E-state index contributed by atoms with van der Waals surface area (Å²) in [6.07, 6.45) is -2.09. The SMILES string of the molecule is CC(=O)O[C@@H]1C(C)O[C@H](Oc2ccc3ccccc3c2)C[C@H]1OC(C)=O. The van der Waals surface area contributed by atoms with E-state index in [9.17, 15) is 9.59 Å². The van der Waals surface area contributed by atoms with Gasteiger partial charge in [0.2, 0.25) is 6.29 Å². The second kappa shape index (κ2) is 7.74. The summed E-state index contributed by atoms with van der Waals surface area (Å²) in [6.45, 7) is 4.40. The van der Waals surface area contributed by atoms with Gasteiger partial charge in [-0.1, -0.05) is 30.3 Å². The maximum Gasteiger partial charge on any atom is 0.303 e. The number of fused-ring (bicyclic) bond motifs is 1. The normalized spacial score (nSPS) is 25.5. The number of benzene rings is 2. The molecular formula is C20H22O6. The van der Waals surface area contributed by atoms with E-state index in [1.807, 2.05) is 42.5 Å². The first-order valence-electron chi connectivity index (χ1n) is 8.58. The first-order chi connectivity index (χ1) is 12.4. The van der Waals surface area contributed by atoms with Crippen molar-refractivity contribution >= 4 is 22.7 Å². The zero-order valence-electron chi connectivity index (χ0n) is 15.0. The van der Waals surface area contributed by atoms with E-state index in [1.54, 1.807) is 6.92 Å². The van der Waals surface area contributed by atoms with E-state index < -0.39 is 36.5 Å². The summed E-state index contributed by atoms with van der Waals surface area (Å²) in [7, 11) is 0. The molecule has 0 bridgehead atoms. The van der Waals surface area contributed by atoms with Crippen molar-refractivity contribution in [3.63, 3.8) is 0 Å². The quantitative estimate of drug-likeness (QED) is 0.782. The second-order valence-corrected chi connectivity index (χ2v) is 6.36. The Morgan fingerprint density at radius 1 is 1.00 bits per heavy atom. The summed E-state index contributed by atoms with van der Waals surface area (Å²) >= 11 is 0. The molecule has 1 heterocycles. The minimum Gasteiger partial charge on any atom is -0.465 e. The number of carbonyl (C=O) groups excluding carboxylic acids is 2. The lowest BCUT2D eigenvalue weighted by Crippen LogP contribution is -2.52. The third-order valence-electron chi connectivity index (χ3n) is 4.23. The number of ether oxygens (including phenoxy) is 4. The van der Waals surface area contributed by atoms with E-state index in [-0.39, 0.29) is 6.42 Å². The highest BCUT2D eigenvalue weighted by Crippen LogP contribution is 2.29. The molecule has 1 aliphatic rings. The maximum absolute atomic E-state index is 11.4. The predicted molar refractivity (Wildman–Crippen MR) is 94.6 cm³/mol. The second-order valence-electron chi connectivity index (χ2n) is 6.36. The van der Waals surface area contributed by atoms with Gasteiger partial charge >= 0.3 is 11.9 Å². The lowest BCUT2D eigenvalue weighted by Gasteiger charge is -2.38. The zero-order chi connectivity index (χ0) is 18.7. The molecule has 0 aromatic heterocycles. The molecule has 2 aromatic carbocycles. The van der Waals surface area contributed by atoms with E-state index >= 15 is 0 Å². The van der Waals surface area contributed by atoms with Gasteiger partial charge in [-0.3, -0.25) is 9.59 Å². The Morgan fingerprint density at radius 3 is 2.38 bits per heavy atom. The van der Waals surface area contributed by atoms with Crippen molar-refractivity contribution in [1.82, 2.24) is 0 Å². The number of esters is 2. The molecule has 0 N–H and O–H groups in total. The molecule has 0 radical (unpaired) electrons. The van der Waals surface area contributed by atoms with Crippen LogP contribution in [0.25, 0.3) is 10.8 Å². The van der Waals surface area contributed by atoms with Crippen LogP contribution in [0.1, 0.15) is 27.2 Å². The number of hydrogen-bond acceptors (Lipinski definition) is 6. The Morgan fingerprint density at radius 2 is 1.69 bits per heavy atom. The number of carbonyl (C=O) groups is 2. The molecule has 0 saturated carbocycles. The molecule has 0 spiro atoms. The molecule has 6 nitrogen and oxygen atoms in total. The highest BCUT2D eigenvalue weighted by Gasteiger charge is 2.41. The molecule has 3 rings (SSSR count). The summed E-state index contributed by atoms with van der Waals surface area (Å²) in [5, 5.41) is 2.17. The predicted octanol–water partition coefficient (Wildman–Crippen LogP) is 3.22. The molecule has 26 heavy (non-hydrogen) atoms. The summed E-state index contributed by atoms with van der Waals surface area (Å²) in [5.74, 6) is -0.226. The maximum atomic E-state index is 11.4. The highest BCUT2D eigenvalue weighted by atomic mass is 16.7. The van der Waals surface area contributed by atoms with Gasteiger partial charge in [0.25, 0.3) is 0 Å². The van der Waals surface area contributed by atoms with Gasteiger partial charge in [-0.05, 0) is 29.8 Å². The summed E-state index contributed by atoms with van der Waals surface area (Å²) in [4.78, 5) is 22.8. The number of hydrogen-bond donors (Lipinski definition) is 0. The Kier molecular flexibility index (Phi) is 5.42.